The van der Waals surface area contributed by atoms with Crippen molar-refractivity contribution in [2.75, 3.05) is 13.1 Å². The van der Waals surface area contributed by atoms with Crippen LogP contribution in [0.3, 0.4) is 0 Å². The molecule has 0 spiro atoms. The summed E-state index contributed by atoms with van der Waals surface area (Å²) < 4.78 is 5.62. The predicted octanol–water partition coefficient (Wildman–Crippen LogP) is 1.54. The van der Waals surface area contributed by atoms with Gasteiger partial charge in [-0.3, -0.25) is 0 Å². The molecule has 12 heavy (non-hydrogen) atoms. The van der Waals surface area contributed by atoms with Crippen LogP contribution in [0.25, 0.3) is 0 Å². The van der Waals surface area contributed by atoms with Crippen LogP contribution in [0.4, 0.5) is 0 Å². The van der Waals surface area contributed by atoms with Gasteiger partial charge in [-0.2, -0.15) is 0 Å². The molecule has 2 nitrogen and oxygen atoms in total. The third-order valence-corrected chi connectivity index (χ3v) is 2.92. The fourth-order valence-corrected chi connectivity index (χ4v) is 1.86. The molecule has 1 saturated heterocycles. The minimum absolute atomic E-state index is 0.449. The second kappa shape index (κ2) is 3.56. The van der Waals surface area contributed by atoms with Crippen LogP contribution in [0, 0.1) is 6.92 Å². The molecule has 1 aromatic rings. The highest BCUT2D eigenvalue weighted by atomic mass is 32.1. The van der Waals surface area contributed by atoms with Crippen LogP contribution < -0.4 is 5.32 Å². The maximum atomic E-state index is 5.62. The van der Waals surface area contributed by atoms with Crippen molar-refractivity contribution >= 4 is 11.3 Å². The topological polar surface area (TPSA) is 21.3 Å². The lowest BCUT2D eigenvalue weighted by molar-refractivity contribution is 0.00772. The van der Waals surface area contributed by atoms with Gasteiger partial charge >= 0.3 is 0 Å². The zero-order valence-corrected chi connectivity index (χ0v) is 7.99. The first kappa shape index (κ1) is 8.23. The van der Waals surface area contributed by atoms with Gasteiger partial charge in [0.15, 0.2) is 0 Å². The summed E-state index contributed by atoms with van der Waals surface area (Å²) in [5.74, 6) is 0. The predicted molar refractivity (Wildman–Crippen MR) is 50.5 cm³/mol. The highest BCUT2D eigenvalue weighted by molar-refractivity contribution is 7.10. The summed E-state index contributed by atoms with van der Waals surface area (Å²) in [4.78, 5) is 1.36. The lowest BCUT2D eigenvalue weighted by atomic mass is 10.2. The summed E-state index contributed by atoms with van der Waals surface area (Å²) in [7, 11) is 0. The number of hydrogen-bond donors (Lipinski definition) is 1. The first-order valence-corrected chi connectivity index (χ1v) is 5.09. The molecule has 2 rings (SSSR count). The second-order valence-electron chi connectivity index (χ2n) is 3.16. The van der Waals surface area contributed by atoms with Crippen molar-refractivity contribution in [3.63, 3.8) is 0 Å². The average molecular weight is 183 g/mol. The Morgan fingerprint density at radius 1 is 1.67 bits per heavy atom. The fourth-order valence-electron chi connectivity index (χ4n) is 1.17. The van der Waals surface area contributed by atoms with Crippen molar-refractivity contribution in [2.45, 2.75) is 19.6 Å². The molecule has 0 bridgehead atoms. The molecule has 1 fully saturated rings. The number of thiophene rings is 1. The van der Waals surface area contributed by atoms with E-state index < -0.39 is 0 Å². The minimum atomic E-state index is 0.449. The van der Waals surface area contributed by atoms with Crippen molar-refractivity contribution in [1.29, 1.82) is 0 Å². The van der Waals surface area contributed by atoms with Crippen molar-refractivity contribution < 1.29 is 4.74 Å². The van der Waals surface area contributed by atoms with Gasteiger partial charge in [0.1, 0.15) is 0 Å². The van der Waals surface area contributed by atoms with Gasteiger partial charge in [-0.25, -0.2) is 0 Å². The van der Waals surface area contributed by atoms with E-state index in [1.54, 1.807) is 11.3 Å². The minimum Gasteiger partial charge on any atom is -0.371 e. The first-order chi connectivity index (χ1) is 5.84. The molecule has 1 aromatic heterocycles. The van der Waals surface area contributed by atoms with E-state index in [2.05, 4.69) is 23.7 Å². The van der Waals surface area contributed by atoms with Gasteiger partial charge in [0.2, 0.25) is 0 Å². The molecule has 1 aliphatic rings. The van der Waals surface area contributed by atoms with E-state index in [0.717, 1.165) is 19.7 Å². The molecule has 66 valence electrons. The maximum absolute atomic E-state index is 5.62. The number of nitrogens with one attached hydrogen (secondary N) is 1. The van der Waals surface area contributed by atoms with Crippen molar-refractivity contribution in [1.82, 2.24) is 5.32 Å². The Labute approximate surface area is 76.6 Å². The fraction of sp³-hybridized carbons (Fsp3) is 0.556. The summed E-state index contributed by atoms with van der Waals surface area (Å²) in [5, 5.41) is 5.35. The number of ether oxygens (including phenoxy) is 1. The highest BCUT2D eigenvalue weighted by Crippen LogP contribution is 2.14. The van der Waals surface area contributed by atoms with Crippen molar-refractivity contribution in [3.05, 3.63) is 21.9 Å². The molecule has 0 unspecified atom stereocenters. The van der Waals surface area contributed by atoms with Crippen LogP contribution >= 0.6 is 11.3 Å². The smallest absolute Gasteiger partial charge is 0.0828 e. The average Bonchev–Trinajstić information content (AvgIpc) is 2.32. The number of aryl methyl sites for hydroxylation is 1. The molecule has 0 aromatic carbocycles. The van der Waals surface area contributed by atoms with Crippen molar-refractivity contribution in [2.24, 2.45) is 0 Å². The van der Waals surface area contributed by atoms with E-state index in [9.17, 15) is 0 Å². The Balaban J connectivity index is 1.79. The molecule has 3 heteroatoms. The van der Waals surface area contributed by atoms with Gasteiger partial charge in [-0.15, -0.1) is 11.3 Å². The third kappa shape index (κ3) is 1.86. The quantitative estimate of drug-likeness (QED) is 0.767. The molecule has 0 saturated carbocycles. The van der Waals surface area contributed by atoms with E-state index >= 15 is 0 Å². The van der Waals surface area contributed by atoms with E-state index in [-0.39, 0.29) is 0 Å². The van der Waals surface area contributed by atoms with Crippen LogP contribution in [0.1, 0.15) is 10.4 Å². The van der Waals surface area contributed by atoms with E-state index in [1.165, 1.54) is 10.4 Å². The van der Waals surface area contributed by atoms with Crippen LogP contribution in [0.15, 0.2) is 11.4 Å². The van der Waals surface area contributed by atoms with Gasteiger partial charge in [0, 0.05) is 18.0 Å². The standard InChI is InChI=1S/C9H13NOS/c1-7-2-8(6-12-7)5-11-9-3-10-4-9/h2,6,9-10H,3-5H2,1H3. The van der Waals surface area contributed by atoms with Gasteiger partial charge in [0.05, 0.1) is 12.7 Å². The van der Waals surface area contributed by atoms with Gasteiger partial charge in [-0.1, -0.05) is 0 Å². The Kier molecular flexibility index (Phi) is 2.44. The molecule has 0 atom stereocenters. The Hall–Kier alpha value is -0.380. The van der Waals surface area contributed by atoms with Gasteiger partial charge in [0.25, 0.3) is 0 Å². The molecular formula is C9H13NOS. The summed E-state index contributed by atoms with van der Waals surface area (Å²) in [6, 6.07) is 2.19. The Bertz CT molecular complexity index is 255. The Morgan fingerprint density at radius 3 is 3.00 bits per heavy atom. The second-order valence-corrected chi connectivity index (χ2v) is 4.27. The first-order valence-electron chi connectivity index (χ1n) is 4.21. The van der Waals surface area contributed by atoms with Crippen molar-refractivity contribution in [3.8, 4) is 0 Å². The lowest BCUT2D eigenvalue weighted by Crippen LogP contribution is -2.48. The monoisotopic (exact) mass is 183 g/mol. The van der Waals surface area contributed by atoms with Crippen LogP contribution in [-0.2, 0) is 11.3 Å². The van der Waals surface area contributed by atoms with Crippen LogP contribution in [0.5, 0.6) is 0 Å². The molecule has 2 heterocycles. The van der Waals surface area contributed by atoms with Gasteiger partial charge < -0.3 is 10.1 Å². The van der Waals surface area contributed by atoms with E-state index in [1.807, 2.05) is 0 Å². The van der Waals surface area contributed by atoms with Gasteiger partial charge in [-0.05, 0) is 23.9 Å². The summed E-state index contributed by atoms with van der Waals surface area (Å²) in [6.07, 6.45) is 0.449. The molecule has 0 radical (unpaired) electrons. The lowest BCUT2D eigenvalue weighted by Gasteiger charge is -2.26. The van der Waals surface area contributed by atoms with Crippen LogP contribution in [-0.4, -0.2) is 19.2 Å². The third-order valence-electron chi connectivity index (χ3n) is 2.01. The molecule has 1 aliphatic heterocycles. The van der Waals surface area contributed by atoms with E-state index in [0.29, 0.717) is 6.10 Å². The molecule has 1 N–H and O–H groups in total. The normalized spacial score (nSPS) is 17.8. The number of rotatable bonds is 3. The SMILES string of the molecule is Cc1cc(COC2CNC2)cs1. The largest absolute Gasteiger partial charge is 0.371 e. The summed E-state index contributed by atoms with van der Waals surface area (Å²) in [6.45, 7) is 4.93. The molecule has 0 amide bonds. The molecular weight excluding hydrogens is 170 g/mol. The van der Waals surface area contributed by atoms with E-state index in [4.69, 9.17) is 4.74 Å². The van der Waals surface area contributed by atoms with Crippen LogP contribution in [0.2, 0.25) is 0 Å². The number of hydrogen-bond acceptors (Lipinski definition) is 3. The zero-order valence-electron chi connectivity index (χ0n) is 7.17. The summed E-state index contributed by atoms with van der Waals surface area (Å²) >= 11 is 1.79. The maximum Gasteiger partial charge on any atom is 0.0828 e. The summed E-state index contributed by atoms with van der Waals surface area (Å²) in [5.41, 5.74) is 1.31. The highest BCUT2D eigenvalue weighted by Gasteiger charge is 2.16. The Morgan fingerprint density at radius 2 is 2.50 bits per heavy atom. The molecule has 0 aliphatic carbocycles. The zero-order chi connectivity index (χ0) is 8.39.